The Morgan fingerprint density at radius 1 is 0.702 bits per heavy atom. The molecule has 5 nitrogen and oxygen atoms in total. The number of hydrogen-bond donors (Lipinski definition) is 0. The maximum absolute atomic E-state index is 7.28. The van der Waals surface area contributed by atoms with Gasteiger partial charge in [-0.25, -0.2) is 0 Å². The Hall–Kier alpha value is -5.94. The second-order valence-corrected chi connectivity index (χ2v) is 14.7. The summed E-state index contributed by atoms with van der Waals surface area (Å²) in [6, 6.07) is 45.5. The first-order valence-electron chi connectivity index (χ1n) is 21.8. The van der Waals surface area contributed by atoms with Gasteiger partial charge in [-0.1, -0.05) is 112 Å². The van der Waals surface area contributed by atoms with Gasteiger partial charge in [0.1, 0.15) is 5.58 Å². The van der Waals surface area contributed by atoms with Crippen LogP contribution in [-0.2, 0) is 20.1 Å². The molecular weight excluding hydrogens is 877 g/mol. The molecule has 10 aromatic rings. The van der Waals surface area contributed by atoms with E-state index in [0.29, 0.717) is 11.3 Å². The molecule has 0 atom stereocenters. The molecule has 0 saturated carbocycles. The van der Waals surface area contributed by atoms with Crippen molar-refractivity contribution in [1.82, 2.24) is 19.5 Å². The van der Waals surface area contributed by atoms with Crippen LogP contribution < -0.4 is 0 Å². The molecule has 6 aromatic carbocycles. The number of aryl methyl sites for hydroxylation is 2. The fourth-order valence-corrected chi connectivity index (χ4v) is 7.69. The van der Waals surface area contributed by atoms with Crippen LogP contribution in [0.15, 0.2) is 138 Å². The standard InChI is InChI=1S/C38H30N3O.C13H12N.Ir/c1-22(2)29-20-30-25-13-6-5-12-24(25)21-39-35(30)34(23(3)4)36(29)41-32-18-9-8-17-31(32)40-38(41)28-16-11-15-27-26-14-7-10-19-33(26)42-37(27)28;1-10-3-6-12(7-4-10)13-8-5-11(2)9-14-13;/h5-15,17-23H,1-4H3;3-6,8-9H,1-2H3;/q2*-1;/i;1D3,2D3;. The molecule has 0 fully saturated rings. The molecular formula is C51H42IrN4O-2. The van der Waals surface area contributed by atoms with Gasteiger partial charge in [0, 0.05) is 68.1 Å². The van der Waals surface area contributed by atoms with Gasteiger partial charge in [-0.3, -0.25) is 9.97 Å². The summed E-state index contributed by atoms with van der Waals surface area (Å²) < 4.78 is 52.5. The minimum atomic E-state index is -2.18. The quantitative estimate of drug-likeness (QED) is 0.127. The van der Waals surface area contributed by atoms with E-state index in [4.69, 9.17) is 22.6 Å². The molecule has 0 unspecified atom stereocenters. The molecule has 4 aromatic heterocycles. The number of benzene rings is 6. The third-order valence-corrected chi connectivity index (χ3v) is 10.3. The largest absolute Gasteiger partial charge is 0.501 e. The first-order chi connectivity index (χ1) is 29.7. The van der Waals surface area contributed by atoms with Crippen LogP contribution in [0.1, 0.15) is 70.0 Å². The maximum Gasteiger partial charge on any atom is 0.120 e. The van der Waals surface area contributed by atoms with Gasteiger partial charge < -0.3 is 14.0 Å². The van der Waals surface area contributed by atoms with Gasteiger partial charge >= 0.3 is 0 Å². The zero-order valence-electron chi connectivity index (χ0n) is 37.9. The summed E-state index contributed by atoms with van der Waals surface area (Å²) in [5, 5.41) is 5.74. The van der Waals surface area contributed by atoms with Crippen molar-refractivity contribution >= 4 is 54.6 Å². The summed E-state index contributed by atoms with van der Waals surface area (Å²) in [6.07, 6.45) is 3.31. The average Bonchev–Trinajstić information content (AvgIpc) is 3.84. The summed E-state index contributed by atoms with van der Waals surface area (Å²) >= 11 is 0. The van der Waals surface area contributed by atoms with Crippen LogP contribution in [-0.4, -0.2) is 19.5 Å². The summed E-state index contributed by atoms with van der Waals surface area (Å²) in [5.74, 6) is 1.31. The maximum atomic E-state index is 7.28. The third-order valence-electron chi connectivity index (χ3n) is 10.3. The van der Waals surface area contributed by atoms with Crippen molar-refractivity contribution in [3.63, 3.8) is 0 Å². The van der Waals surface area contributed by atoms with E-state index in [1.165, 1.54) is 46.3 Å². The number of nitrogens with zero attached hydrogens (tertiary/aromatic N) is 4. The molecule has 1 radical (unpaired) electrons. The molecule has 0 amide bonds. The van der Waals surface area contributed by atoms with E-state index in [2.05, 4.69) is 122 Å². The number of hydrogen-bond acceptors (Lipinski definition) is 4. The topological polar surface area (TPSA) is 56.7 Å². The minimum absolute atomic E-state index is 0. The number of aromatic nitrogens is 4. The summed E-state index contributed by atoms with van der Waals surface area (Å²) in [5.41, 5.74) is 10.7. The molecule has 0 spiro atoms. The normalized spacial score (nSPS) is 13.5. The van der Waals surface area contributed by atoms with Crippen LogP contribution in [0.3, 0.4) is 0 Å². The van der Waals surface area contributed by atoms with Crippen LogP contribution in [0, 0.1) is 25.8 Å². The number of imidazole rings is 1. The van der Waals surface area contributed by atoms with E-state index in [1.54, 1.807) is 12.1 Å². The Morgan fingerprint density at radius 3 is 2.23 bits per heavy atom. The van der Waals surface area contributed by atoms with E-state index >= 15 is 0 Å². The van der Waals surface area contributed by atoms with Crippen molar-refractivity contribution < 1.29 is 32.7 Å². The van der Waals surface area contributed by atoms with Gasteiger partial charge in [-0.15, -0.1) is 53.6 Å². The van der Waals surface area contributed by atoms with Crippen molar-refractivity contribution in [3.05, 3.63) is 168 Å². The predicted octanol–water partition coefficient (Wildman–Crippen LogP) is 13.5. The van der Waals surface area contributed by atoms with Crippen molar-refractivity contribution in [2.75, 3.05) is 0 Å². The van der Waals surface area contributed by atoms with Crippen molar-refractivity contribution in [3.8, 4) is 28.3 Å². The summed E-state index contributed by atoms with van der Waals surface area (Å²) in [4.78, 5) is 14.4. The van der Waals surface area contributed by atoms with E-state index < -0.39 is 13.7 Å². The zero-order chi connectivity index (χ0) is 43.5. The fraction of sp³-hybridized carbons (Fsp3) is 0.157. The number of fused-ring (bicyclic) bond motifs is 7. The molecule has 6 heteroatoms. The summed E-state index contributed by atoms with van der Waals surface area (Å²) in [7, 11) is 0. The van der Waals surface area contributed by atoms with Gasteiger partial charge in [0.15, 0.2) is 0 Å². The van der Waals surface area contributed by atoms with Crippen LogP contribution in [0.25, 0.3) is 83.0 Å². The van der Waals surface area contributed by atoms with E-state index in [1.807, 2.05) is 24.4 Å². The van der Waals surface area contributed by atoms with E-state index in [9.17, 15) is 0 Å². The molecule has 0 aliphatic carbocycles. The first-order valence-corrected chi connectivity index (χ1v) is 18.8. The first kappa shape index (κ1) is 31.2. The number of rotatable bonds is 5. The monoisotopic (exact) mass is 925 g/mol. The molecule has 0 aliphatic rings. The van der Waals surface area contributed by atoms with E-state index in [-0.39, 0.29) is 43.1 Å². The van der Waals surface area contributed by atoms with Gasteiger partial charge in [-0.05, 0) is 65.2 Å². The Balaban J connectivity index is 0.000000219. The minimum Gasteiger partial charge on any atom is -0.501 e. The Bertz CT molecular complexity index is 3220. The zero-order valence-corrected chi connectivity index (χ0v) is 34.3. The molecule has 0 N–H and O–H groups in total. The second-order valence-electron chi connectivity index (χ2n) is 14.7. The third kappa shape index (κ3) is 6.84. The Kier molecular flexibility index (Phi) is 8.50. The Labute approximate surface area is 355 Å². The predicted molar refractivity (Wildman–Crippen MR) is 232 cm³/mol. The molecule has 0 aliphatic heterocycles. The van der Waals surface area contributed by atoms with Crippen LogP contribution in [0.4, 0.5) is 0 Å². The van der Waals surface area contributed by atoms with Crippen LogP contribution in [0.5, 0.6) is 0 Å². The molecule has 0 saturated heterocycles. The molecule has 0 bridgehead atoms. The SMILES string of the molecule is CC(C)c1cc2c(ncc3ccccc32)c(C(C)C)c1-n1c(-c2[c-]ccc3c2oc2ccccc23)nc2ccccc21.[2H]C([2H])([2H])c1c[c-]c(-c2ccc(C([2H])([2H])[2H])cn2)cc1.[Ir]. The van der Waals surface area contributed by atoms with Gasteiger partial charge in [0.25, 0.3) is 0 Å². The van der Waals surface area contributed by atoms with E-state index in [0.717, 1.165) is 61.0 Å². The Morgan fingerprint density at radius 2 is 1.47 bits per heavy atom. The van der Waals surface area contributed by atoms with Gasteiger partial charge in [0.2, 0.25) is 0 Å². The van der Waals surface area contributed by atoms with Crippen molar-refractivity contribution in [1.29, 1.82) is 0 Å². The average molecular weight is 925 g/mol. The molecule has 4 heterocycles. The van der Waals surface area contributed by atoms with Crippen molar-refractivity contribution in [2.45, 2.75) is 53.2 Å². The smallest absolute Gasteiger partial charge is 0.120 e. The summed E-state index contributed by atoms with van der Waals surface area (Å²) in [6.45, 7) is 4.75. The number of furan rings is 1. The van der Waals surface area contributed by atoms with Crippen LogP contribution >= 0.6 is 0 Å². The second kappa shape index (κ2) is 15.5. The fourth-order valence-electron chi connectivity index (χ4n) is 7.69. The van der Waals surface area contributed by atoms with Gasteiger partial charge in [0.05, 0.1) is 28.0 Å². The van der Waals surface area contributed by atoms with Crippen LogP contribution in [0.2, 0.25) is 0 Å². The molecule has 10 rings (SSSR count). The number of pyridine rings is 2. The number of para-hydroxylation sites is 3. The van der Waals surface area contributed by atoms with Gasteiger partial charge in [-0.2, -0.15) is 0 Å². The van der Waals surface area contributed by atoms with Crippen molar-refractivity contribution in [2.24, 2.45) is 0 Å². The molecule has 283 valence electrons. The molecule has 57 heavy (non-hydrogen) atoms.